The zero-order valence-corrected chi connectivity index (χ0v) is 9.96. The van der Waals surface area contributed by atoms with E-state index in [1.54, 1.807) is 12.4 Å². The molecule has 0 aliphatic heterocycles. The first kappa shape index (κ1) is 12.8. The molecule has 0 atom stereocenters. The molecule has 0 fully saturated rings. The van der Waals surface area contributed by atoms with Gasteiger partial charge in [-0.2, -0.15) is 0 Å². The Labute approximate surface area is 101 Å². The number of hydrogen-bond donors (Lipinski definition) is 0. The van der Waals surface area contributed by atoms with Crippen molar-refractivity contribution >= 4 is 11.6 Å². The van der Waals surface area contributed by atoms with Crippen LogP contribution in [0.4, 0.5) is 0 Å². The van der Waals surface area contributed by atoms with Gasteiger partial charge in [-0.3, -0.25) is 4.98 Å². The van der Waals surface area contributed by atoms with Crippen molar-refractivity contribution in [3.63, 3.8) is 0 Å². The summed E-state index contributed by atoms with van der Waals surface area (Å²) in [6, 6.07) is 1.83. The minimum Gasteiger partial charge on any atom is -0.490 e. The van der Waals surface area contributed by atoms with Gasteiger partial charge in [0.15, 0.2) is 0 Å². The van der Waals surface area contributed by atoms with Gasteiger partial charge < -0.3 is 9.47 Å². The number of aromatic nitrogens is 1. The molecule has 0 saturated carbocycles. The lowest BCUT2D eigenvalue weighted by atomic mass is 10.3. The summed E-state index contributed by atoms with van der Waals surface area (Å²) in [5, 5.41) is 0. The zero-order chi connectivity index (χ0) is 11.6. The SMILES string of the molecule is CCOCCOc1cncc(C#CCCl)c1. The van der Waals surface area contributed by atoms with E-state index in [9.17, 15) is 0 Å². The van der Waals surface area contributed by atoms with Crippen LogP contribution in [0, 0.1) is 11.8 Å². The van der Waals surface area contributed by atoms with Crippen molar-refractivity contribution in [3.8, 4) is 17.6 Å². The lowest BCUT2D eigenvalue weighted by Crippen LogP contribution is -2.06. The molecule has 0 radical (unpaired) electrons. The van der Waals surface area contributed by atoms with E-state index >= 15 is 0 Å². The first-order valence-electron chi connectivity index (χ1n) is 5.07. The highest BCUT2D eigenvalue weighted by Gasteiger charge is 1.95. The van der Waals surface area contributed by atoms with Gasteiger partial charge in [-0.1, -0.05) is 11.8 Å². The lowest BCUT2D eigenvalue weighted by Gasteiger charge is -2.05. The third kappa shape index (κ3) is 5.01. The van der Waals surface area contributed by atoms with Crippen LogP contribution in [0.15, 0.2) is 18.5 Å². The first-order valence-corrected chi connectivity index (χ1v) is 5.60. The molecule has 1 heterocycles. The van der Waals surface area contributed by atoms with E-state index in [0.717, 1.165) is 5.56 Å². The minimum absolute atomic E-state index is 0.315. The van der Waals surface area contributed by atoms with E-state index in [2.05, 4.69) is 16.8 Å². The molecule has 3 nitrogen and oxygen atoms in total. The molecule has 4 heteroatoms. The molecule has 1 rings (SSSR count). The van der Waals surface area contributed by atoms with Gasteiger partial charge in [0.1, 0.15) is 12.4 Å². The van der Waals surface area contributed by atoms with Crippen molar-refractivity contribution in [1.29, 1.82) is 0 Å². The topological polar surface area (TPSA) is 31.4 Å². The standard InChI is InChI=1S/C12H14ClNO2/c1-2-15-6-7-16-12-8-11(4-3-5-13)9-14-10-12/h8-10H,2,5-7H2,1H3. The molecule has 1 aromatic heterocycles. The van der Waals surface area contributed by atoms with Crippen LogP contribution in [-0.4, -0.2) is 30.7 Å². The van der Waals surface area contributed by atoms with Crippen LogP contribution >= 0.6 is 11.6 Å². The highest BCUT2D eigenvalue weighted by Crippen LogP contribution is 2.10. The van der Waals surface area contributed by atoms with Crippen molar-refractivity contribution in [3.05, 3.63) is 24.0 Å². The van der Waals surface area contributed by atoms with Crippen molar-refractivity contribution in [2.24, 2.45) is 0 Å². The fourth-order valence-corrected chi connectivity index (χ4v) is 1.13. The fourth-order valence-electron chi connectivity index (χ4n) is 1.06. The monoisotopic (exact) mass is 239 g/mol. The average Bonchev–Trinajstić information content (AvgIpc) is 2.33. The summed E-state index contributed by atoms with van der Waals surface area (Å²) in [7, 11) is 0. The van der Waals surface area contributed by atoms with Gasteiger partial charge >= 0.3 is 0 Å². The van der Waals surface area contributed by atoms with E-state index in [0.29, 0.717) is 31.5 Å². The number of nitrogens with zero attached hydrogens (tertiary/aromatic N) is 1. The molecule has 0 unspecified atom stereocenters. The predicted octanol–water partition coefficient (Wildman–Crippen LogP) is 2.09. The summed E-state index contributed by atoms with van der Waals surface area (Å²) in [5.41, 5.74) is 0.801. The van der Waals surface area contributed by atoms with Crippen LogP contribution in [0.25, 0.3) is 0 Å². The summed E-state index contributed by atoms with van der Waals surface area (Å²) in [6.07, 6.45) is 3.33. The van der Waals surface area contributed by atoms with E-state index in [1.807, 2.05) is 13.0 Å². The van der Waals surface area contributed by atoms with Gasteiger partial charge in [0.2, 0.25) is 0 Å². The maximum atomic E-state index is 5.47. The molecule has 16 heavy (non-hydrogen) atoms. The molecule has 0 aliphatic rings. The Hall–Kier alpha value is -1.24. The molecule has 0 N–H and O–H groups in total. The highest BCUT2D eigenvalue weighted by atomic mass is 35.5. The second-order valence-electron chi connectivity index (χ2n) is 2.89. The molecule has 86 valence electrons. The van der Waals surface area contributed by atoms with Gasteiger partial charge in [0.05, 0.1) is 18.7 Å². The predicted molar refractivity (Wildman–Crippen MR) is 63.8 cm³/mol. The quantitative estimate of drug-likeness (QED) is 0.448. The third-order valence-electron chi connectivity index (χ3n) is 1.71. The van der Waals surface area contributed by atoms with Gasteiger partial charge in [0, 0.05) is 18.4 Å². The molecule has 0 bridgehead atoms. The van der Waals surface area contributed by atoms with Gasteiger partial charge in [0.25, 0.3) is 0 Å². The van der Waals surface area contributed by atoms with Gasteiger partial charge in [-0.25, -0.2) is 0 Å². The second kappa shape index (κ2) is 7.98. The Morgan fingerprint density at radius 3 is 3.00 bits per heavy atom. The van der Waals surface area contributed by atoms with Crippen LogP contribution in [0.5, 0.6) is 5.75 Å². The van der Waals surface area contributed by atoms with E-state index in [4.69, 9.17) is 21.1 Å². The summed E-state index contributed by atoms with van der Waals surface area (Å²) in [4.78, 5) is 4.03. The Morgan fingerprint density at radius 2 is 2.25 bits per heavy atom. The third-order valence-corrected chi connectivity index (χ3v) is 1.85. The zero-order valence-electron chi connectivity index (χ0n) is 9.20. The van der Waals surface area contributed by atoms with E-state index < -0.39 is 0 Å². The van der Waals surface area contributed by atoms with Crippen molar-refractivity contribution < 1.29 is 9.47 Å². The molecule has 0 aromatic carbocycles. The second-order valence-corrected chi connectivity index (χ2v) is 3.16. The summed E-state index contributed by atoms with van der Waals surface area (Å²) >= 11 is 5.47. The Bertz CT molecular complexity index is 371. The molecular formula is C12H14ClNO2. The summed E-state index contributed by atoms with van der Waals surface area (Å²) < 4.78 is 10.6. The number of pyridine rings is 1. The molecule has 0 spiro atoms. The van der Waals surface area contributed by atoms with Crippen molar-refractivity contribution in [1.82, 2.24) is 4.98 Å². The number of halogens is 1. The Kier molecular flexibility index (Phi) is 6.39. The fraction of sp³-hybridized carbons (Fsp3) is 0.417. The van der Waals surface area contributed by atoms with Crippen LogP contribution in [-0.2, 0) is 4.74 Å². The van der Waals surface area contributed by atoms with Crippen LogP contribution in [0.1, 0.15) is 12.5 Å². The summed E-state index contributed by atoms with van der Waals surface area (Å²) in [5.74, 6) is 6.65. The number of ether oxygens (including phenoxy) is 2. The van der Waals surface area contributed by atoms with Gasteiger partial charge in [-0.15, -0.1) is 11.6 Å². The maximum absolute atomic E-state index is 5.47. The van der Waals surface area contributed by atoms with Gasteiger partial charge in [-0.05, 0) is 13.0 Å². The maximum Gasteiger partial charge on any atom is 0.138 e. The van der Waals surface area contributed by atoms with E-state index in [-0.39, 0.29) is 0 Å². The Balaban J connectivity index is 2.47. The van der Waals surface area contributed by atoms with Crippen molar-refractivity contribution in [2.45, 2.75) is 6.92 Å². The van der Waals surface area contributed by atoms with Crippen LogP contribution in [0.2, 0.25) is 0 Å². The smallest absolute Gasteiger partial charge is 0.138 e. The normalized spacial score (nSPS) is 9.38. The first-order chi connectivity index (χ1) is 7.86. The molecule has 0 amide bonds. The largest absolute Gasteiger partial charge is 0.490 e. The average molecular weight is 240 g/mol. The number of rotatable bonds is 5. The number of hydrogen-bond acceptors (Lipinski definition) is 3. The molecule has 0 saturated heterocycles. The van der Waals surface area contributed by atoms with Crippen molar-refractivity contribution in [2.75, 3.05) is 25.7 Å². The highest BCUT2D eigenvalue weighted by molar-refractivity contribution is 6.19. The lowest BCUT2D eigenvalue weighted by molar-refractivity contribution is 0.110. The molecule has 0 aliphatic carbocycles. The van der Waals surface area contributed by atoms with Crippen LogP contribution < -0.4 is 4.74 Å². The molecule has 1 aromatic rings. The minimum atomic E-state index is 0.315. The molecular weight excluding hydrogens is 226 g/mol. The van der Waals surface area contributed by atoms with Crippen LogP contribution in [0.3, 0.4) is 0 Å². The Morgan fingerprint density at radius 1 is 1.38 bits per heavy atom. The number of alkyl halides is 1. The van der Waals surface area contributed by atoms with E-state index in [1.165, 1.54) is 0 Å². The summed E-state index contributed by atoms with van der Waals surface area (Å²) in [6.45, 7) is 3.74.